The second-order valence-electron chi connectivity index (χ2n) is 6.46. The minimum Gasteiger partial charge on any atom is -0.494 e. The number of benzene rings is 2. The molecule has 146 valence electrons. The first kappa shape index (κ1) is 18.9. The molecule has 1 heterocycles. The summed E-state index contributed by atoms with van der Waals surface area (Å²) in [5.41, 5.74) is 1.02. The number of amides is 1. The lowest BCUT2D eigenvalue weighted by Crippen LogP contribution is -2.26. The van der Waals surface area contributed by atoms with Gasteiger partial charge >= 0.3 is 0 Å². The highest BCUT2D eigenvalue weighted by Crippen LogP contribution is 2.29. The van der Waals surface area contributed by atoms with Gasteiger partial charge in [-0.05, 0) is 56.2 Å². The first-order valence-corrected chi connectivity index (χ1v) is 11.2. The summed E-state index contributed by atoms with van der Waals surface area (Å²) in [6.07, 6.45) is 1.70. The van der Waals surface area contributed by atoms with E-state index in [0.29, 0.717) is 11.7 Å². The standard InChI is InChI=1S/C19H19N3O4S2/c1-2-26-14-8-9-16-17(11-14)27-19(20-16)21-18(23)12-4-3-5-15(10-12)28(24,25)22-13-6-7-13/h3-5,8-11,13,22H,2,6-7H2,1H3,(H,20,21,23). The second kappa shape index (κ2) is 7.50. The third-order valence-corrected chi connectivity index (χ3v) is 6.65. The van der Waals surface area contributed by atoms with Crippen molar-refractivity contribution >= 4 is 42.6 Å². The minimum absolute atomic E-state index is 0.00631. The van der Waals surface area contributed by atoms with E-state index in [1.54, 1.807) is 12.1 Å². The zero-order chi connectivity index (χ0) is 19.7. The molecule has 3 aromatic rings. The summed E-state index contributed by atoms with van der Waals surface area (Å²) in [6, 6.07) is 11.5. The molecule has 1 aliphatic carbocycles. The van der Waals surface area contributed by atoms with Crippen LogP contribution in [0.1, 0.15) is 30.1 Å². The highest BCUT2D eigenvalue weighted by Gasteiger charge is 2.28. The molecule has 1 aliphatic rings. The number of nitrogens with zero attached hydrogens (tertiary/aromatic N) is 1. The fraction of sp³-hybridized carbons (Fsp3) is 0.263. The molecule has 0 aliphatic heterocycles. The van der Waals surface area contributed by atoms with Crippen LogP contribution in [0.25, 0.3) is 10.2 Å². The summed E-state index contributed by atoms with van der Waals surface area (Å²) in [5.74, 6) is 0.338. The molecule has 7 nitrogen and oxygen atoms in total. The maximum absolute atomic E-state index is 12.6. The van der Waals surface area contributed by atoms with E-state index in [2.05, 4.69) is 15.0 Å². The summed E-state index contributed by atoms with van der Waals surface area (Å²) in [5, 5.41) is 3.19. The highest BCUT2D eigenvalue weighted by atomic mass is 32.2. The van der Waals surface area contributed by atoms with Crippen LogP contribution in [0.2, 0.25) is 0 Å². The van der Waals surface area contributed by atoms with Crippen LogP contribution in [-0.4, -0.2) is 32.0 Å². The Bertz CT molecular complexity index is 1140. The van der Waals surface area contributed by atoms with E-state index >= 15 is 0 Å². The number of carbonyl (C=O) groups excluding carboxylic acids is 1. The average Bonchev–Trinajstić information content (AvgIpc) is 3.38. The Morgan fingerprint density at radius 3 is 2.82 bits per heavy atom. The molecule has 28 heavy (non-hydrogen) atoms. The summed E-state index contributed by atoms with van der Waals surface area (Å²) < 4.78 is 33.7. The van der Waals surface area contributed by atoms with Crippen molar-refractivity contribution in [3.63, 3.8) is 0 Å². The molecule has 1 saturated carbocycles. The molecule has 1 aromatic heterocycles. The van der Waals surface area contributed by atoms with Gasteiger partial charge in [0.15, 0.2) is 5.13 Å². The lowest BCUT2D eigenvalue weighted by molar-refractivity contribution is 0.102. The maximum atomic E-state index is 12.6. The lowest BCUT2D eigenvalue weighted by atomic mass is 10.2. The molecule has 0 radical (unpaired) electrons. The van der Waals surface area contributed by atoms with Crippen LogP contribution in [0.3, 0.4) is 0 Å². The number of thiazole rings is 1. The van der Waals surface area contributed by atoms with E-state index in [-0.39, 0.29) is 16.5 Å². The summed E-state index contributed by atoms with van der Waals surface area (Å²) >= 11 is 1.33. The number of anilines is 1. The molecule has 2 N–H and O–H groups in total. The smallest absolute Gasteiger partial charge is 0.257 e. The number of hydrogen-bond acceptors (Lipinski definition) is 6. The van der Waals surface area contributed by atoms with E-state index < -0.39 is 15.9 Å². The van der Waals surface area contributed by atoms with E-state index in [9.17, 15) is 13.2 Å². The summed E-state index contributed by atoms with van der Waals surface area (Å²) in [6.45, 7) is 2.49. The average molecular weight is 418 g/mol. The first-order valence-electron chi connectivity index (χ1n) is 8.92. The quantitative estimate of drug-likeness (QED) is 0.614. The number of ether oxygens (including phenoxy) is 1. The van der Waals surface area contributed by atoms with Crippen LogP contribution in [-0.2, 0) is 10.0 Å². The van der Waals surface area contributed by atoms with Gasteiger partial charge in [0.1, 0.15) is 5.75 Å². The predicted molar refractivity (Wildman–Crippen MR) is 109 cm³/mol. The number of hydrogen-bond donors (Lipinski definition) is 2. The number of sulfonamides is 1. The molecule has 9 heteroatoms. The number of aromatic nitrogens is 1. The SMILES string of the molecule is CCOc1ccc2nc(NC(=O)c3cccc(S(=O)(=O)NC4CC4)c3)sc2c1. The van der Waals surface area contributed by atoms with Crippen molar-refractivity contribution < 1.29 is 17.9 Å². The van der Waals surface area contributed by atoms with Crippen molar-refractivity contribution in [2.45, 2.75) is 30.7 Å². The molecule has 0 spiro atoms. The predicted octanol–water partition coefficient (Wildman–Crippen LogP) is 3.39. The van der Waals surface area contributed by atoms with Crippen molar-refractivity contribution in [1.29, 1.82) is 0 Å². The second-order valence-corrected chi connectivity index (χ2v) is 9.20. The van der Waals surface area contributed by atoms with Gasteiger partial charge in [-0.3, -0.25) is 10.1 Å². The Balaban J connectivity index is 1.53. The number of fused-ring (bicyclic) bond motifs is 1. The molecule has 4 rings (SSSR count). The van der Waals surface area contributed by atoms with Crippen molar-refractivity contribution in [3.05, 3.63) is 48.0 Å². The number of rotatable bonds is 7. The van der Waals surface area contributed by atoms with Gasteiger partial charge in [-0.1, -0.05) is 17.4 Å². The monoisotopic (exact) mass is 417 g/mol. The van der Waals surface area contributed by atoms with Gasteiger partial charge in [-0.15, -0.1) is 0 Å². The van der Waals surface area contributed by atoms with Crippen LogP contribution in [0.5, 0.6) is 5.75 Å². The van der Waals surface area contributed by atoms with Gasteiger partial charge in [0.05, 0.1) is 21.7 Å². The number of nitrogens with one attached hydrogen (secondary N) is 2. The van der Waals surface area contributed by atoms with Crippen LogP contribution in [0, 0.1) is 0 Å². The van der Waals surface area contributed by atoms with E-state index in [4.69, 9.17) is 4.74 Å². The zero-order valence-electron chi connectivity index (χ0n) is 15.1. The van der Waals surface area contributed by atoms with E-state index in [1.807, 2.05) is 25.1 Å². The molecule has 1 fully saturated rings. The fourth-order valence-corrected chi connectivity index (χ4v) is 4.92. The number of carbonyl (C=O) groups is 1. The normalized spacial score (nSPS) is 14.2. The van der Waals surface area contributed by atoms with Crippen molar-refractivity contribution in [3.8, 4) is 5.75 Å². The molecule has 1 amide bonds. The van der Waals surface area contributed by atoms with E-state index in [1.165, 1.54) is 23.5 Å². The van der Waals surface area contributed by atoms with Gasteiger partial charge < -0.3 is 4.74 Å². The third kappa shape index (κ3) is 4.16. The maximum Gasteiger partial charge on any atom is 0.257 e. The Kier molecular flexibility index (Phi) is 5.05. The topological polar surface area (TPSA) is 97.4 Å². The molecular formula is C19H19N3O4S2. The Morgan fingerprint density at radius 2 is 2.07 bits per heavy atom. The molecular weight excluding hydrogens is 398 g/mol. The van der Waals surface area contributed by atoms with Crippen molar-refractivity contribution in [2.75, 3.05) is 11.9 Å². The van der Waals surface area contributed by atoms with Crippen LogP contribution >= 0.6 is 11.3 Å². The lowest BCUT2D eigenvalue weighted by Gasteiger charge is -2.07. The van der Waals surface area contributed by atoms with Crippen LogP contribution < -0.4 is 14.8 Å². The Labute approximate surface area is 166 Å². The largest absolute Gasteiger partial charge is 0.494 e. The van der Waals surface area contributed by atoms with E-state index in [0.717, 1.165) is 28.8 Å². The molecule has 0 saturated heterocycles. The minimum atomic E-state index is -3.61. The molecule has 2 aromatic carbocycles. The van der Waals surface area contributed by atoms with Crippen molar-refractivity contribution in [2.24, 2.45) is 0 Å². The van der Waals surface area contributed by atoms with Gasteiger partial charge in [-0.25, -0.2) is 18.1 Å². The Morgan fingerprint density at radius 1 is 1.25 bits per heavy atom. The van der Waals surface area contributed by atoms with Gasteiger partial charge in [0.2, 0.25) is 10.0 Å². The van der Waals surface area contributed by atoms with Crippen LogP contribution in [0.15, 0.2) is 47.4 Å². The zero-order valence-corrected chi connectivity index (χ0v) is 16.8. The highest BCUT2D eigenvalue weighted by molar-refractivity contribution is 7.89. The molecule has 0 bridgehead atoms. The van der Waals surface area contributed by atoms with Gasteiger partial charge in [-0.2, -0.15) is 0 Å². The molecule has 0 unspecified atom stereocenters. The van der Waals surface area contributed by atoms with Gasteiger partial charge in [0.25, 0.3) is 5.91 Å². The summed E-state index contributed by atoms with van der Waals surface area (Å²) in [7, 11) is -3.61. The molecule has 0 atom stereocenters. The Hall–Kier alpha value is -2.49. The third-order valence-electron chi connectivity index (χ3n) is 4.20. The summed E-state index contributed by atoms with van der Waals surface area (Å²) in [4.78, 5) is 17.1. The van der Waals surface area contributed by atoms with Crippen molar-refractivity contribution in [1.82, 2.24) is 9.71 Å². The first-order chi connectivity index (χ1) is 13.4. The fourth-order valence-electron chi connectivity index (χ4n) is 2.68. The van der Waals surface area contributed by atoms with Gasteiger partial charge in [0, 0.05) is 11.6 Å². The van der Waals surface area contributed by atoms with Crippen LogP contribution in [0.4, 0.5) is 5.13 Å².